The number of nitrogens with zero attached hydrogens (tertiary/aromatic N) is 2. The zero-order valence-corrected chi connectivity index (χ0v) is 9.17. The van der Waals surface area contributed by atoms with Crippen LogP contribution in [-0.2, 0) is 0 Å². The van der Waals surface area contributed by atoms with Crippen molar-refractivity contribution in [2.45, 2.75) is 18.8 Å². The van der Waals surface area contributed by atoms with Crippen molar-refractivity contribution in [2.75, 3.05) is 0 Å². The van der Waals surface area contributed by atoms with Crippen LogP contribution in [0.3, 0.4) is 0 Å². The van der Waals surface area contributed by atoms with Crippen LogP contribution in [0.5, 0.6) is 0 Å². The van der Waals surface area contributed by atoms with E-state index < -0.39 is 5.97 Å². The predicted octanol–water partition coefficient (Wildman–Crippen LogP) is 1.11. The molecule has 1 aliphatic carbocycles. The number of carbonyl (C=O) groups excluding carboxylic acids is 1. The smallest absolute Gasteiger partial charge is 0.0901 e. The summed E-state index contributed by atoms with van der Waals surface area (Å²) in [7, 11) is 0. The van der Waals surface area contributed by atoms with E-state index in [1.807, 2.05) is 30.3 Å². The molecule has 3 rings (SSSR count). The predicted molar refractivity (Wildman–Crippen MR) is 59.9 cm³/mol. The molecule has 0 aliphatic heterocycles. The molecule has 1 aromatic carbocycles. The zero-order chi connectivity index (χ0) is 11.8. The fourth-order valence-electron chi connectivity index (χ4n) is 1.89. The van der Waals surface area contributed by atoms with Crippen LogP contribution in [0.1, 0.15) is 34.9 Å². The van der Waals surface area contributed by atoms with E-state index in [0.717, 1.165) is 24.2 Å². The molecule has 86 valence electrons. The maximum Gasteiger partial charge on any atom is 0.0901 e. The number of rotatable bonds is 3. The van der Waals surface area contributed by atoms with Gasteiger partial charge in [-0.2, -0.15) is 5.10 Å². The number of hydrogen-bond acceptors (Lipinski definition) is 3. The topological polar surface area (TPSA) is 57.9 Å². The summed E-state index contributed by atoms with van der Waals surface area (Å²) in [6.45, 7) is 0. The first-order valence-corrected chi connectivity index (χ1v) is 5.62. The summed E-state index contributed by atoms with van der Waals surface area (Å²) in [6.07, 6.45) is 2.19. The molecule has 4 nitrogen and oxygen atoms in total. The first-order valence-electron chi connectivity index (χ1n) is 5.62. The molecule has 0 N–H and O–H groups in total. The number of benzene rings is 1. The van der Waals surface area contributed by atoms with Crippen molar-refractivity contribution in [3.8, 4) is 5.69 Å². The normalized spacial score (nSPS) is 14.8. The fourth-order valence-corrected chi connectivity index (χ4v) is 1.89. The molecule has 1 aliphatic rings. The molecule has 4 heteroatoms. The summed E-state index contributed by atoms with van der Waals surface area (Å²) in [5.41, 5.74) is 1.73. The number of para-hydroxylation sites is 1. The van der Waals surface area contributed by atoms with Gasteiger partial charge < -0.3 is 9.90 Å². The Morgan fingerprint density at radius 3 is 2.59 bits per heavy atom. The summed E-state index contributed by atoms with van der Waals surface area (Å²) in [5.74, 6) is -0.758. The third kappa shape index (κ3) is 1.82. The fraction of sp³-hybridized carbons (Fsp3) is 0.231. The van der Waals surface area contributed by atoms with E-state index in [1.54, 1.807) is 6.07 Å². The van der Waals surface area contributed by atoms with Gasteiger partial charge in [-0.1, -0.05) is 18.2 Å². The van der Waals surface area contributed by atoms with Gasteiger partial charge in [-0.15, -0.1) is 0 Å². The van der Waals surface area contributed by atoms with E-state index in [0.29, 0.717) is 5.92 Å². The lowest BCUT2D eigenvalue weighted by Crippen LogP contribution is -2.25. The minimum absolute atomic E-state index is 0.123. The standard InChI is InChI=1S/C13H12N2O2/c16-13(17)12-8-11(9-6-7-9)14-15(12)10-4-2-1-3-5-10/h1-5,8-9H,6-7H2,(H,16,17)/p-1. The Bertz CT molecular complexity index is 556. The van der Waals surface area contributed by atoms with Gasteiger partial charge in [0, 0.05) is 5.92 Å². The first-order chi connectivity index (χ1) is 8.25. The molecule has 0 unspecified atom stereocenters. The van der Waals surface area contributed by atoms with Gasteiger partial charge >= 0.3 is 0 Å². The highest BCUT2D eigenvalue weighted by molar-refractivity contribution is 5.84. The van der Waals surface area contributed by atoms with Gasteiger partial charge in [-0.05, 0) is 31.0 Å². The molecule has 0 spiro atoms. The summed E-state index contributed by atoms with van der Waals surface area (Å²) < 4.78 is 1.45. The molecule has 1 heterocycles. The second kappa shape index (κ2) is 3.73. The largest absolute Gasteiger partial charge is 0.543 e. The second-order valence-electron chi connectivity index (χ2n) is 4.26. The molecule has 1 fully saturated rings. The molecular formula is C13H11N2O2-. The van der Waals surface area contributed by atoms with Crippen LogP contribution in [-0.4, -0.2) is 15.7 Å². The lowest BCUT2D eigenvalue weighted by Gasteiger charge is -2.07. The van der Waals surface area contributed by atoms with E-state index in [9.17, 15) is 9.90 Å². The highest BCUT2D eigenvalue weighted by atomic mass is 16.4. The van der Waals surface area contributed by atoms with Crippen LogP contribution < -0.4 is 5.11 Å². The van der Waals surface area contributed by atoms with Crippen molar-refractivity contribution in [3.05, 3.63) is 47.8 Å². The van der Waals surface area contributed by atoms with E-state index >= 15 is 0 Å². The van der Waals surface area contributed by atoms with Crippen LogP contribution in [0.25, 0.3) is 5.69 Å². The molecule has 0 saturated heterocycles. The van der Waals surface area contributed by atoms with Gasteiger partial charge in [0.25, 0.3) is 0 Å². The van der Waals surface area contributed by atoms with E-state index in [4.69, 9.17) is 0 Å². The van der Waals surface area contributed by atoms with Crippen molar-refractivity contribution < 1.29 is 9.90 Å². The van der Waals surface area contributed by atoms with Gasteiger partial charge in [-0.3, -0.25) is 0 Å². The zero-order valence-electron chi connectivity index (χ0n) is 9.17. The van der Waals surface area contributed by atoms with Crippen LogP contribution in [0.15, 0.2) is 36.4 Å². The number of carbonyl (C=O) groups is 1. The summed E-state index contributed by atoms with van der Waals surface area (Å²) in [4.78, 5) is 11.1. The highest BCUT2D eigenvalue weighted by Crippen LogP contribution is 2.39. The molecule has 0 amide bonds. The molecule has 2 aromatic rings. The van der Waals surface area contributed by atoms with E-state index in [1.165, 1.54) is 4.68 Å². The Balaban J connectivity index is 2.10. The highest BCUT2D eigenvalue weighted by Gasteiger charge is 2.27. The van der Waals surface area contributed by atoms with Gasteiger partial charge in [0.2, 0.25) is 0 Å². The maximum atomic E-state index is 11.1. The Hall–Kier alpha value is -2.10. The van der Waals surface area contributed by atoms with E-state index in [2.05, 4.69) is 5.10 Å². The van der Waals surface area contributed by atoms with Crippen LogP contribution >= 0.6 is 0 Å². The first kappa shape index (κ1) is 10.1. The average molecular weight is 227 g/mol. The molecular weight excluding hydrogens is 216 g/mol. The van der Waals surface area contributed by atoms with Crippen molar-refractivity contribution in [1.29, 1.82) is 0 Å². The van der Waals surface area contributed by atoms with Crippen LogP contribution in [0, 0.1) is 0 Å². The second-order valence-corrected chi connectivity index (χ2v) is 4.26. The molecule has 0 radical (unpaired) electrons. The van der Waals surface area contributed by atoms with Crippen LogP contribution in [0.2, 0.25) is 0 Å². The number of carboxylic acids is 1. The maximum absolute atomic E-state index is 11.1. The SMILES string of the molecule is O=C([O-])c1cc(C2CC2)nn1-c1ccccc1. The summed E-state index contributed by atoms with van der Waals surface area (Å²) in [5, 5.41) is 15.4. The van der Waals surface area contributed by atoms with Crippen LogP contribution in [0.4, 0.5) is 0 Å². The van der Waals surface area contributed by atoms with Crippen molar-refractivity contribution in [3.63, 3.8) is 0 Å². The summed E-state index contributed by atoms with van der Waals surface area (Å²) >= 11 is 0. The molecule has 17 heavy (non-hydrogen) atoms. The van der Waals surface area contributed by atoms with E-state index in [-0.39, 0.29) is 5.69 Å². The Morgan fingerprint density at radius 2 is 2.00 bits per heavy atom. The van der Waals surface area contributed by atoms with Crippen molar-refractivity contribution in [1.82, 2.24) is 9.78 Å². The van der Waals surface area contributed by atoms with Crippen molar-refractivity contribution >= 4 is 5.97 Å². The number of hydrogen-bond donors (Lipinski definition) is 0. The molecule has 0 bridgehead atoms. The monoisotopic (exact) mass is 227 g/mol. The Morgan fingerprint density at radius 1 is 1.29 bits per heavy atom. The van der Waals surface area contributed by atoms with Gasteiger partial charge in [0.15, 0.2) is 0 Å². The molecule has 1 aromatic heterocycles. The quantitative estimate of drug-likeness (QED) is 0.789. The van der Waals surface area contributed by atoms with Gasteiger partial charge in [0.1, 0.15) is 0 Å². The minimum Gasteiger partial charge on any atom is -0.543 e. The average Bonchev–Trinajstić information content (AvgIpc) is 3.09. The Labute approximate surface area is 98.5 Å². The third-order valence-electron chi connectivity index (χ3n) is 2.93. The van der Waals surface area contributed by atoms with Gasteiger partial charge in [0.05, 0.1) is 23.0 Å². The number of aromatic carboxylic acids is 1. The molecule has 0 atom stereocenters. The lowest BCUT2D eigenvalue weighted by molar-refractivity contribution is -0.255. The van der Waals surface area contributed by atoms with Crippen molar-refractivity contribution in [2.24, 2.45) is 0 Å². The third-order valence-corrected chi connectivity index (χ3v) is 2.93. The number of aromatic nitrogens is 2. The Kier molecular flexibility index (Phi) is 2.21. The minimum atomic E-state index is -1.19. The molecule has 1 saturated carbocycles. The summed E-state index contributed by atoms with van der Waals surface area (Å²) in [6, 6.07) is 10.9. The van der Waals surface area contributed by atoms with Gasteiger partial charge in [-0.25, -0.2) is 4.68 Å². The number of carboxylic acid groups (broad SMARTS) is 1. The lowest BCUT2D eigenvalue weighted by atomic mass is 10.2.